The molecule has 1 aromatic heterocycles. The number of aryl methyl sites for hydroxylation is 1. The minimum Gasteiger partial charge on any atom is -0.324 e. The van der Waals surface area contributed by atoms with Gasteiger partial charge in [0.2, 0.25) is 0 Å². The summed E-state index contributed by atoms with van der Waals surface area (Å²) >= 11 is 0. The van der Waals surface area contributed by atoms with Gasteiger partial charge in [-0.3, -0.25) is 0 Å². The number of aromatic nitrogens is 2. The zero-order valence-electron chi connectivity index (χ0n) is 9.11. The van der Waals surface area contributed by atoms with Crippen molar-refractivity contribution in [1.82, 2.24) is 9.55 Å². The first-order valence-corrected chi connectivity index (χ1v) is 5.42. The lowest BCUT2D eigenvalue weighted by Crippen LogP contribution is -2.01. The lowest BCUT2D eigenvalue weighted by atomic mass is 10.3. The second kappa shape index (κ2) is 4.30. The third-order valence-electron chi connectivity index (χ3n) is 2.52. The first-order valence-electron chi connectivity index (χ1n) is 5.42. The highest BCUT2D eigenvalue weighted by Gasteiger charge is 2.07. The number of fused-ring (bicyclic) bond motifs is 1. The predicted octanol–water partition coefficient (Wildman–Crippen LogP) is 3.17. The summed E-state index contributed by atoms with van der Waals surface area (Å²) in [5.41, 5.74) is 2.30. The molecule has 78 valence electrons. The molecular formula is C13H16N2. The highest BCUT2D eigenvalue weighted by atomic mass is 15.1. The summed E-state index contributed by atoms with van der Waals surface area (Å²) in [5, 5.41) is 0. The summed E-state index contributed by atoms with van der Waals surface area (Å²) in [4.78, 5) is 4.64. The van der Waals surface area contributed by atoms with Gasteiger partial charge in [-0.2, -0.15) is 0 Å². The van der Waals surface area contributed by atoms with E-state index in [-0.39, 0.29) is 0 Å². The number of imidazole rings is 1. The van der Waals surface area contributed by atoms with Crippen LogP contribution in [-0.4, -0.2) is 9.55 Å². The zero-order valence-corrected chi connectivity index (χ0v) is 9.11. The van der Waals surface area contributed by atoms with Gasteiger partial charge in [-0.25, -0.2) is 4.98 Å². The molecule has 0 saturated heterocycles. The van der Waals surface area contributed by atoms with Crippen molar-refractivity contribution in [3.8, 4) is 0 Å². The Morgan fingerprint density at radius 2 is 2.20 bits per heavy atom. The van der Waals surface area contributed by atoms with Crippen molar-refractivity contribution in [2.75, 3.05) is 0 Å². The molecule has 0 bridgehead atoms. The van der Waals surface area contributed by atoms with E-state index >= 15 is 0 Å². The number of hydrogen-bond donors (Lipinski definition) is 0. The fourth-order valence-corrected chi connectivity index (χ4v) is 1.87. The van der Waals surface area contributed by atoms with Crippen LogP contribution >= 0.6 is 0 Å². The molecule has 2 aromatic rings. The van der Waals surface area contributed by atoms with Crippen LogP contribution in [0.4, 0.5) is 0 Å². The lowest BCUT2D eigenvalue weighted by Gasteiger charge is -2.04. The number of rotatable bonds is 4. The SMILES string of the molecule is C=CCn1c(CCC)nc2ccccc21. The second-order valence-electron chi connectivity index (χ2n) is 3.67. The molecule has 0 amide bonds. The Kier molecular flexibility index (Phi) is 2.86. The quantitative estimate of drug-likeness (QED) is 0.693. The molecule has 0 aliphatic heterocycles. The topological polar surface area (TPSA) is 17.8 Å². The van der Waals surface area contributed by atoms with Gasteiger partial charge in [0.05, 0.1) is 11.0 Å². The van der Waals surface area contributed by atoms with Crippen LogP contribution in [0.3, 0.4) is 0 Å². The minimum atomic E-state index is 0.843. The fraction of sp³-hybridized carbons (Fsp3) is 0.308. The molecule has 1 heterocycles. The van der Waals surface area contributed by atoms with E-state index in [1.165, 1.54) is 11.3 Å². The molecule has 0 aliphatic rings. The van der Waals surface area contributed by atoms with Crippen LogP contribution in [0.15, 0.2) is 36.9 Å². The van der Waals surface area contributed by atoms with Gasteiger partial charge in [-0.15, -0.1) is 6.58 Å². The average molecular weight is 200 g/mol. The van der Waals surface area contributed by atoms with Crippen molar-refractivity contribution in [3.05, 3.63) is 42.7 Å². The molecule has 0 aliphatic carbocycles. The molecule has 2 rings (SSSR count). The minimum absolute atomic E-state index is 0.843. The van der Waals surface area contributed by atoms with Gasteiger partial charge in [-0.1, -0.05) is 25.1 Å². The van der Waals surface area contributed by atoms with Crippen LogP contribution in [0.1, 0.15) is 19.2 Å². The van der Waals surface area contributed by atoms with Gasteiger partial charge >= 0.3 is 0 Å². The second-order valence-corrected chi connectivity index (χ2v) is 3.67. The van der Waals surface area contributed by atoms with Crippen molar-refractivity contribution in [1.29, 1.82) is 0 Å². The zero-order chi connectivity index (χ0) is 10.7. The highest BCUT2D eigenvalue weighted by Crippen LogP contribution is 2.16. The Bertz CT molecular complexity index is 468. The molecule has 0 saturated carbocycles. The number of benzene rings is 1. The van der Waals surface area contributed by atoms with E-state index in [0.29, 0.717) is 0 Å². The van der Waals surface area contributed by atoms with Gasteiger partial charge in [-0.05, 0) is 18.6 Å². The van der Waals surface area contributed by atoms with E-state index in [1.807, 2.05) is 12.1 Å². The summed E-state index contributed by atoms with van der Waals surface area (Å²) in [6.45, 7) is 6.82. The molecule has 0 N–H and O–H groups in total. The van der Waals surface area contributed by atoms with Gasteiger partial charge in [0.25, 0.3) is 0 Å². The molecule has 0 unspecified atom stereocenters. The van der Waals surface area contributed by atoms with Crippen LogP contribution < -0.4 is 0 Å². The predicted molar refractivity (Wildman–Crippen MR) is 63.9 cm³/mol. The van der Waals surface area contributed by atoms with E-state index in [2.05, 4.69) is 41.3 Å². The third-order valence-corrected chi connectivity index (χ3v) is 2.52. The number of para-hydroxylation sites is 2. The maximum absolute atomic E-state index is 4.64. The third kappa shape index (κ3) is 1.80. The maximum atomic E-state index is 4.64. The number of allylic oxidation sites excluding steroid dienone is 1. The van der Waals surface area contributed by atoms with Crippen molar-refractivity contribution in [3.63, 3.8) is 0 Å². The lowest BCUT2D eigenvalue weighted by molar-refractivity contribution is 0.734. The number of hydrogen-bond acceptors (Lipinski definition) is 1. The normalized spacial score (nSPS) is 10.7. The average Bonchev–Trinajstić information content (AvgIpc) is 2.59. The first kappa shape index (κ1) is 9.97. The van der Waals surface area contributed by atoms with Crippen molar-refractivity contribution < 1.29 is 0 Å². The van der Waals surface area contributed by atoms with E-state index in [0.717, 1.165) is 24.9 Å². The Morgan fingerprint density at radius 1 is 1.40 bits per heavy atom. The largest absolute Gasteiger partial charge is 0.324 e. The van der Waals surface area contributed by atoms with E-state index in [9.17, 15) is 0 Å². The Morgan fingerprint density at radius 3 is 2.93 bits per heavy atom. The Balaban J connectivity index is 2.57. The molecule has 0 atom stereocenters. The summed E-state index contributed by atoms with van der Waals surface area (Å²) in [5.74, 6) is 1.17. The van der Waals surface area contributed by atoms with Crippen LogP contribution in [0, 0.1) is 0 Å². The molecule has 15 heavy (non-hydrogen) atoms. The van der Waals surface area contributed by atoms with E-state index in [1.54, 1.807) is 0 Å². The van der Waals surface area contributed by atoms with Crippen LogP contribution in [0.25, 0.3) is 11.0 Å². The summed E-state index contributed by atoms with van der Waals surface area (Å²) in [6, 6.07) is 8.27. The monoisotopic (exact) mass is 200 g/mol. The first-order chi connectivity index (χ1) is 7.36. The molecule has 1 aromatic carbocycles. The van der Waals surface area contributed by atoms with Gasteiger partial charge in [0, 0.05) is 13.0 Å². The molecule has 2 heteroatoms. The van der Waals surface area contributed by atoms with Crippen molar-refractivity contribution in [2.45, 2.75) is 26.3 Å². The smallest absolute Gasteiger partial charge is 0.110 e. The number of nitrogens with zero attached hydrogens (tertiary/aromatic N) is 2. The summed E-state index contributed by atoms with van der Waals surface area (Å²) in [7, 11) is 0. The van der Waals surface area contributed by atoms with Crippen LogP contribution in [0.2, 0.25) is 0 Å². The van der Waals surface area contributed by atoms with Gasteiger partial charge in [0.1, 0.15) is 5.82 Å². The highest BCUT2D eigenvalue weighted by molar-refractivity contribution is 5.75. The molecule has 0 fully saturated rings. The van der Waals surface area contributed by atoms with Gasteiger partial charge < -0.3 is 4.57 Å². The van der Waals surface area contributed by atoms with Crippen LogP contribution in [0.5, 0.6) is 0 Å². The standard InChI is InChI=1S/C13H16N2/c1-3-7-13-14-11-8-5-6-9-12(11)15(13)10-4-2/h4-6,8-9H,2-3,7,10H2,1H3. The Labute approximate surface area is 90.3 Å². The fourth-order valence-electron chi connectivity index (χ4n) is 1.87. The molecule has 2 nitrogen and oxygen atoms in total. The van der Waals surface area contributed by atoms with E-state index in [4.69, 9.17) is 0 Å². The summed E-state index contributed by atoms with van der Waals surface area (Å²) < 4.78 is 2.24. The molecule has 0 radical (unpaired) electrons. The molecule has 0 spiro atoms. The van der Waals surface area contributed by atoms with Crippen molar-refractivity contribution in [2.24, 2.45) is 0 Å². The molecular weight excluding hydrogens is 184 g/mol. The summed E-state index contributed by atoms with van der Waals surface area (Å²) in [6.07, 6.45) is 4.08. The van der Waals surface area contributed by atoms with E-state index < -0.39 is 0 Å². The Hall–Kier alpha value is -1.57. The maximum Gasteiger partial charge on any atom is 0.110 e. The van der Waals surface area contributed by atoms with Gasteiger partial charge in [0.15, 0.2) is 0 Å². The van der Waals surface area contributed by atoms with Crippen LogP contribution in [-0.2, 0) is 13.0 Å². The van der Waals surface area contributed by atoms with Crippen molar-refractivity contribution >= 4 is 11.0 Å².